The molecule has 9 heteroatoms. The molecule has 0 atom stereocenters. The summed E-state index contributed by atoms with van der Waals surface area (Å²) in [6, 6.07) is 11.3. The maximum atomic E-state index is 12.8. The average molecular weight is 375 g/mol. The number of nitrogens with zero attached hydrogens (tertiary/aromatic N) is 7. The first-order chi connectivity index (χ1) is 13.8. The number of para-hydroxylation sites is 1. The van der Waals surface area contributed by atoms with E-state index >= 15 is 0 Å². The minimum atomic E-state index is -0.0816. The molecule has 0 saturated carbocycles. The molecule has 0 aliphatic carbocycles. The highest BCUT2D eigenvalue weighted by molar-refractivity contribution is 5.96. The molecule has 1 amide bonds. The van der Waals surface area contributed by atoms with Gasteiger partial charge in [0.1, 0.15) is 30.4 Å². The van der Waals surface area contributed by atoms with Crippen molar-refractivity contribution in [3.8, 4) is 5.82 Å². The summed E-state index contributed by atoms with van der Waals surface area (Å²) >= 11 is 0. The molecule has 4 heterocycles. The van der Waals surface area contributed by atoms with Crippen LogP contribution in [0.2, 0.25) is 0 Å². The number of furan rings is 1. The highest BCUT2D eigenvalue weighted by atomic mass is 16.3. The van der Waals surface area contributed by atoms with Crippen molar-refractivity contribution < 1.29 is 9.21 Å². The van der Waals surface area contributed by atoms with Crippen LogP contribution in [0, 0.1) is 0 Å². The maximum absolute atomic E-state index is 12.8. The van der Waals surface area contributed by atoms with Gasteiger partial charge < -0.3 is 14.2 Å². The number of anilines is 1. The van der Waals surface area contributed by atoms with E-state index in [1.807, 2.05) is 35.2 Å². The van der Waals surface area contributed by atoms with Crippen LogP contribution >= 0.6 is 0 Å². The Morgan fingerprint density at radius 2 is 1.79 bits per heavy atom. The van der Waals surface area contributed by atoms with Gasteiger partial charge in [0, 0.05) is 37.6 Å². The van der Waals surface area contributed by atoms with Crippen LogP contribution in [0.15, 0.2) is 59.8 Å². The normalized spacial score (nSPS) is 14.6. The van der Waals surface area contributed by atoms with Crippen molar-refractivity contribution in [1.82, 2.24) is 29.6 Å². The van der Waals surface area contributed by atoms with Gasteiger partial charge in [-0.2, -0.15) is 5.10 Å². The highest BCUT2D eigenvalue weighted by Crippen LogP contribution is 2.21. The highest BCUT2D eigenvalue weighted by Gasteiger charge is 2.25. The Balaban J connectivity index is 1.28. The molecule has 0 bridgehead atoms. The number of hydrogen-bond acceptors (Lipinski definition) is 7. The van der Waals surface area contributed by atoms with Crippen LogP contribution in [-0.2, 0) is 0 Å². The molecule has 3 aromatic heterocycles. The summed E-state index contributed by atoms with van der Waals surface area (Å²) in [6.07, 6.45) is 4.57. The lowest BCUT2D eigenvalue weighted by atomic mass is 10.2. The first-order valence-electron chi connectivity index (χ1n) is 8.98. The van der Waals surface area contributed by atoms with Gasteiger partial charge in [-0.25, -0.2) is 19.6 Å². The van der Waals surface area contributed by atoms with Gasteiger partial charge >= 0.3 is 0 Å². The van der Waals surface area contributed by atoms with Crippen molar-refractivity contribution in [1.29, 1.82) is 0 Å². The molecule has 0 unspecified atom stereocenters. The minimum Gasteiger partial charge on any atom is -0.451 e. The summed E-state index contributed by atoms with van der Waals surface area (Å²) < 4.78 is 7.30. The third-order valence-corrected chi connectivity index (χ3v) is 4.82. The number of aromatic nitrogens is 5. The van der Waals surface area contributed by atoms with Gasteiger partial charge in [0.25, 0.3) is 5.91 Å². The molecule has 1 fully saturated rings. The summed E-state index contributed by atoms with van der Waals surface area (Å²) in [5.41, 5.74) is 0.728. The van der Waals surface area contributed by atoms with Gasteiger partial charge in [0.15, 0.2) is 11.6 Å². The summed E-state index contributed by atoms with van der Waals surface area (Å²) in [5.74, 6) is 1.76. The lowest BCUT2D eigenvalue weighted by molar-refractivity contribution is 0.0717. The van der Waals surface area contributed by atoms with Crippen LogP contribution in [0.25, 0.3) is 16.8 Å². The third-order valence-electron chi connectivity index (χ3n) is 4.82. The second kappa shape index (κ2) is 6.76. The molecule has 0 radical (unpaired) electrons. The fraction of sp³-hybridized carbons (Fsp3) is 0.211. The second-order valence-corrected chi connectivity index (χ2v) is 6.50. The van der Waals surface area contributed by atoms with Crippen LogP contribution in [0.4, 0.5) is 5.82 Å². The van der Waals surface area contributed by atoms with E-state index in [4.69, 9.17) is 4.42 Å². The quantitative estimate of drug-likeness (QED) is 0.539. The number of carbonyl (C=O) groups is 1. The zero-order valence-corrected chi connectivity index (χ0v) is 15.0. The Bertz CT molecular complexity index is 1080. The van der Waals surface area contributed by atoms with Crippen LogP contribution in [-0.4, -0.2) is 61.7 Å². The Morgan fingerprint density at radius 3 is 2.57 bits per heavy atom. The van der Waals surface area contributed by atoms with Crippen molar-refractivity contribution >= 4 is 22.7 Å². The first kappa shape index (κ1) is 16.4. The fourth-order valence-corrected chi connectivity index (χ4v) is 3.34. The monoisotopic (exact) mass is 375 g/mol. The van der Waals surface area contributed by atoms with Gasteiger partial charge in [-0.15, -0.1) is 0 Å². The summed E-state index contributed by atoms with van der Waals surface area (Å²) in [4.78, 5) is 29.3. The van der Waals surface area contributed by atoms with Crippen LogP contribution in [0.5, 0.6) is 0 Å². The van der Waals surface area contributed by atoms with Gasteiger partial charge in [-0.3, -0.25) is 4.79 Å². The number of amides is 1. The van der Waals surface area contributed by atoms with Crippen LogP contribution < -0.4 is 4.90 Å². The van der Waals surface area contributed by atoms with E-state index in [-0.39, 0.29) is 5.91 Å². The van der Waals surface area contributed by atoms with E-state index in [1.165, 1.54) is 12.7 Å². The van der Waals surface area contributed by atoms with E-state index in [9.17, 15) is 4.79 Å². The summed E-state index contributed by atoms with van der Waals surface area (Å²) in [6.45, 7) is 2.55. The molecular formula is C19H17N7O2. The molecule has 0 spiro atoms. The van der Waals surface area contributed by atoms with Gasteiger partial charge in [-0.1, -0.05) is 18.2 Å². The van der Waals surface area contributed by atoms with E-state index in [0.29, 0.717) is 37.8 Å². The predicted octanol–water partition coefficient (Wildman–Crippen LogP) is 1.77. The van der Waals surface area contributed by atoms with Crippen molar-refractivity contribution in [3.63, 3.8) is 0 Å². The topological polar surface area (TPSA) is 93.2 Å². The molecule has 1 aromatic carbocycles. The Morgan fingerprint density at radius 1 is 0.964 bits per heavy atom. The smallest absolute Gasteiger partial charge is 0.289 e. The molecular weight excluding hydrogens is 358 g/mol. The molecule has 1 saturated heterocycles. The second-order valence-electron chi connectivity index (χ2n) is 6.50. The maximum Gasteiger partial charge on any atom is 0.289 e. The molecule has 4 aromatic rings. The number of benzene rings is 1. The number of rotatable bonds is 3. The zero-order chi connectivity index (χ0) is 18.9. The molecule has 28 heavy (non-hydrogen) atoms. The predicted molar refractivity (Wildman–Crippen MR) is 101 cm³/mol. The van der Waals surface area contributed by atoms with Crippen LogP contribution in [0.3, 0.4) is 0 Å². The Kier molecular flexibility index (Phi) is 3.97. The average Bonchev–Trinajstić information content (AvgIpc) is 3.43. The molecule has 1 aliphatic rings. The SMILES string of the molecule is O=C(c1cc2ccccc2o1)N1CCN(c2cc(-n3cncn3)ncn2)CC1. The van der Waals surface area contributed by atoms with Crippen molar-refractivity contribution in [2.75, 3.05) is 31.1 Å². The van der Waals surface area contributed by atoms with Gasteiger partial charge in [-0.05, 0) is 12.1 Å². The fourth-order valence-electron chi connectivity index (χ4n) is 3.34. The van der Waals surface area contributed by atoms with E-state index < -0.39 is 0 Å². The largest absolute Gasteiger partial charge is 0.451 e. The van der Waals surface area contributed by atoms with Gasteiger partial charge in [0.2, 0.25) is 0 Å². The molecule has 140 valence electrons. The minimum absolute atomic E-state index is 0.0816. The summed E-state index contributed by atoms with van der Waals surface area (Å²) in [7, 11) is 0. The number of piperazine rings is 1. The Hall–Kier alpha value is -3.75. The third kappa shape index (κ3) is 2.96. The van der Waals surface area contributed by atoms with E-state index in [0.717, 1.165) is 16.8 Å². The van der Waals surface area contributed by atoms with Crippen LogP contribution in [0.1, 0.15) is 10.6 Å². The van der Waals surface area contributed by atoms with Crippen molar-refractivity contribution in [3.05, 3.63) is 61.1 Å². The number of carbonyl (C=O) groups excluding carboxylic acids is 1. The standard InChI is InChI=1S/C19H17N7O2/c27-19(16-9-14-3-1-2-4-15(14)28-16)25-7-5-24(6-8-25)17-10-18(22-12-21-17)26-13-20-11-23-26/h1-4,9-13H,5-8H2. The zero-order valence-electron chi connectivity index (χ0n) is 15.0. The van der Waals surface area contributed by atoms with E-state index in [1.54, 1.807) is 17.1 Å². The van der Waals surface area contributed by atoms with E-state index in [2.05, 4.69) is 25.0 Å². The molecule has 0 N–H and O–H groups in total. The van der Waals surface area contributed by atoms with Crippen molar-refractivity contribution in [2.45, 2.75) is 0 Å². The Labute approximate surface area is 160 Å². The molecule has 1 aliphatic heterocycles. The number of fused-ring (bicyclic) bond motifs is 1. The molecule has 9 nitrogen and oxygen atoms in total. The first-order valence-corrected chi connectivity index (χ1v) is 8.98. The van der Waals surface area contributed by atoms with Gasteiger partial charge in [0.05, 0.1) is 0 Å². The lowest BCUT2D eigenvalue weighted by Gasteiger charge is -2.35. The molecule has 5 rings (SSSR count). The van der Waals surface area contributed by atoms with Crippen molar-refractivity contribution in [2.24, 2.45) is 0 Å². The number of hydrogen-bond donors (Lipinski definition) is 0. The lowest BCUT2D eigenvalue weighted by Crippen LogP contribution is -2.49. The summed E-state index contributed by atoms with van der Waals surface area (Å²) in [5, 5.41) is 5.03.